The summed E-state index contributed by atoms with van der Waals surface area (Å²) in [4.78, 5) is 0. The summed E-state index contributed by atoms with van der Waals surface area (Å²) in [5.41, 5.74) is 1.02. The van der Waals surface area contributed by atoms with Crippen LogP contribution in [-0.4, -0.2) is 18.3 Å². The minimum Gasteiger partial charge on any atom is -0.399 e. The predicted molar refractivity (Wildman–Crippen MR) is 71.3 cm³/mol. The van der Waals surface area contributed by atoms with Gasteiger partial charge in [-0.1, -0.05) is 6.07 Å². The van der Waals surface area contributed by atoms with E-state index in [1.165, 1.54) is 6.07 Å². The topological polar surface area (TPSA) is 18.5 Å². The third-order valence-electron chi connectivity index (χ3n) is 3.89. The highest BCUT2D eigenvalue weighted by atomic mass is 19.1. The highest BCUT2D eigenvalue weighted by Crippen LogP contribution is 2.36. The van der Waals surface area contributed by atoms with E-state index < -0.39 is 18.3 Å². The molecule has 1 fully saturated rings. The molecule has 1 aliphatic rings. The van der Waals surface area contributed by atoms with E-state index in [-0.39, 0.29) is 5.82 Å². The summed E-state index contributed by atoms with van der Waals surface area (Å²) in [5, 5.41) is 0. The molecular weight excluding hydrogens is 230 g/mol. The lowest BCUT2D eigenvalue weighted by atomic mass is 9.75. The zero-order valence-corrected chi connectivity index (χ0v) is 11.6. The van der Waals surface area contributed by atoms with Crippen LogP contribution in [0.3, 0.4) is 0 Å². The van der Waals surface area contributed by atoms with Gasteiger partial charge in [0, 0.05) is 5.46 Å². The summed E-state index contributed by atoms with van der Waals surface area (Å²) in [5.74, 6) is -0.321. The Bertz CT molecular complexity index is 444. The van der Waals surface area contributed by atoms with E-state index in [0.29, 0.717) is 11.0 Å². The molecule has 1 saturated heterocycles. The molecule has 1 aromatic carbocycles. The average molecular weight is 249 g/mol. The fourth-order valence-corrected chi connectivity index (χ4v) is 2.09. The van der Waals surface area contributed by atoms with Gasteiger partial charge in [-0.25, -0.2) is 4.39 Å². The van der Waals surface area contributed by atoms with Gasteiger partial charge >= 0.3 is 7.12 Å². The predicted octanol–water partition coefficient (Wildman–Crippen LogP) is 2.62. The van der Waals surface area contributed by atoms with E-state index in [9.17, 15) is 4.39 Å². The maximum Gasteiger partial charge on any atom is 0.498 e. The van der Waals surface area contributed by atoms with E-state index in [1.807, 2.05) is 40.7 Å². The molecular formula is C14H19BFO2. The molecule has 0 atom stereocenters. The Morgan fingerprint density at radius 1 is 1.11 bits per heavy atom. The first-order valence-electron chi connectivity index (χ1n) is 6.12. The Kier molecular flexibility index (Phi) is 3.07. The Labute approximate surface area is 109 Å². The third-order valence-corrected chi connectivity index (χ3v) is 3.89. The fraction of sp³-hybridized carbons (Fsp3) is 0.500. The van der Waals surface area contributed by atoms with Crippen molar-refractivity contribution in [2.45, 2.75) is 45.8 Å². The van der Waals surface area contributed by atoms with Crippen LogP contribution in [0.5, 0.6) is 0 Å². The zero-order valence-electron chi connectivity index (χ0n) is 11.6. The summed E-state index contributed by atoms with van der Waals surface area (Å²) < 4.78 is 25.8. The molecule has 0 N–H and O–H groups in total. The van der Waals surface area contributed by atoms with Crippen molar-refractivity contribution in [3.63, 3.8) is 0 Å². The smallest absolute Gasteiger partial charge is 0.399 e. The van der Waals surface area contributed by atoms with Gasteiger partial charge in [-0.2, -0.15) is 0 Å². The highest BCUT2D eigenvalue weighted by molar-refractivity contribution is 6.62. The molecule has 97 valence electrons. The third kappa shape index (κ3) is 2.08. The van der Waals surface area contributed by atoms with Gasteiger partial charge in [-0.3, -0.25) is 0 Å². The van der Waals surface area contributed by atoms with Gasteiger partial charge in [0.15, 0.2) is 0 Å². The largest absolute Gasteiger partial charge is 0.498 e. The van der Waals surface area contributed by atoms with Crippen molar-refractivity contribution in [1.82, 2.24) is 0 Å². The van der Waals surface area contributed by atoms with Gasteiger partial charge in [0.25, 0.3) is 0 Å². The van der Waals surface area contributed by atoms with Crippen LogP contribution in [0.1, 0.15) is 38.8 Å². The number of hydrogen-bond acceptors (Lipinski definition) is 2. The molecule has 2 nitrogen and oxygen atoms in total. The second kappa shape index (κ2) is 4.07. The summed E-state index contributed by atoms with van der Waals surface area (Å²) in [6.45, 7) is 13.4. The maximum absolute atomic E-state index is 14.1. The molecule has 2 rings (SSSR count). The van der Waals surface area contributed by atoms with Crippen molar-refractivity contribution in [2.75, 3.05) is 0 Å². The summed E-state index contributed by atoms with van der Waals surface area (Å²) in [6.07, 6.45) is 0. The molecule has 1 aromatic rings. The van der Waals surface area contributed by atoms with Crippen LogP contribution >= 0.6 is 0 Å². The van der Waals surface area contributed by atoms with E-state index in [0.717, 1.165) is 5.56 Å². The van der Waals surface area contributed by atoms with Crippen LogP contribution in [0.4, 0.5) is 4.39 Å². The molecule has 0 aliphatic carbocycles. The molecule has 1 heterocycles. The molecule has 0 amide bonds. The normalized spacial score (nSPS) is 21.4. The Morgan fingerprint density at radius 2 is 1.61 bits per heavy atom. The molecule has 1 radical (unpaired) electrons. The molecule has 18 heavy (non-hydrogen) atoms. The Hall–Kier alpha value is -0.865. The number of aryl methyl sites for hydroxylation is 1. The van der Waals surface area contributed by atoms with Gasteiger partial charge < -0.3 is 9.31 Å². The van der Waals surface area contributed by atoms with Gasteiger partial charge in [0.2, 0.25) is 0 Å². The standard InChI is InChI=1S/C14H19BFO2/c1-9-7-10(2)12(11(16)8-9)15-17-13(3,4)14(5,6)18-15/h7-8H,1H2,2-6H3. The van der Waals surface area contributed by atoms with Crippen molar-refractivity contribution < 1.29 is 13.7 Å². The van der Waals surface area contributed by atoms with Gasteiger partial charge in [0.05, 0.1) is 11.2 Å². The van der Waals surface area contributed by atoms with Crippen LogP contribution in [0, 0.1) is 19.7 Å². The van der Waals surface area contributed by atoms with E-state index in [1.54, 1.807) is 0 Å². The van der Waals surface area contributed by atoms with Crippen molar-refractivity contribution in [3.8, 4) is 0 Å². The summed E-state index contributed by atoms with van der Waals surface area (Å²) in [6, 6.07) is 3.25. The van der Waals surface area contributed by atoms with Crippen LogP contribution in [0.15, 0.2) is 12.1 Å². The molecule has 0 bridgehead atoms. The number of benzene rings is 1. The Morgan fingerprint density at radius 3 is 2.06 bits per heavy atom. The van der Waals surface area contributed by atoms with Gasteiger partial charge in [-0.05, 0) is 58.7 Å². The molecule has 0 aromatic heterocycles. The van der Waals surface area contributed by atoms with Crippen molar-refractivity contribution in [1.29, 1.82) is 0 Å². The molecule has 4 heteroatoms. The van der Waals surface area contributed by atoms with Gasteiger partial charge in [-0.15, -0.1) is 0 Å². The van der Waals surface area contributed by atoms with E-state index in [2.05, 4.69) is 6.92 Å². The van der Waals surface area contributed by atoms with Crippen LogP contribution < -0.4 is 5.46 Å². The zero-order chi connectivity index (χ0) is 13.7. The highest BCUT2D eigenvalue weighted by Gasteiger charge is 2.52. The molecule has 0 saturated carbocycles. The minimum absolute atomic E-state index is 0.321. The first kappa shape index (κ1) is 13.6. The SMILES string of the molecule is [CH2]c1cc(C)c(B2OC(C)(C)C(C)(C)O2)c(F)c1. The lowest BCUT2D eigenvalue weighted by Gasteiger charge is -2.32. The second-order valence-electron chi connectivity index (χ2n) is 5.90. The van der Waals surface area contributed by atoms with E-state index >= 15 is 0 Å². The van der Waals surface area contributed by atoms with Crippen LogP contribution in [0.2, 0.25) is 0 Å². The lowest BCUT2D eigenvalue weighted by Crippen LogP contribution is -2.41. The second-order valence-corrected chi connectivity index (χ2v) is 5.90. The maximum atomic E-state index is 14.1. The van der Waals surface area contributed by atoms with Crippen molar-refractivity contribution >= 4 is 12.6 Å². The summed E-state index contributed by atoms with van der Waals surface area (Å²) >= 11 is 0. The molecule has 1 aliphatic heterocycles. The van der Waals surface area contributed by atoms with Crippen molar-refractivity contribution in [3.05, 3.63) is 36.0 Å². The van der Waals surface area contributed by atoms with Gasteiger partial charge in [0.1, 0.15) is 5.82 Å². The van der Waals surface area contributed by atoms with Crippen molar-refractivity contribution in [2.24, 2.45) is 0 Å². The van der Waals surface area contributed by atoms with Crippen LogP contribution in [-0.2, 0) is 9.31 Å². The monoisotopic (exact) mass is 249 g/mol. The molecule has 0 spiro atoms. The van der Waals surface area contributed by atoms with E-state index in [4.69, 9.17) is 9.31 Å². The lowest BCUT2D eigenvalue weighted by molar-refractivity contribution is 0.00578. The minimum atomic E-state index is -0.657. The number of halogens is 1. The van der Waals surface area contributed by atoms with Crippen LogP contribution in [0.25, 0.3) is 0 Å². The fourth-order valence-electron chi connectivity index (χ4n) is 2.09. The average Bonchev–Trinajstić information content (AvgIpc) is 2.32. The number of rotatable bonds is 1. The first-order valence-corrected chi connectivity index (χ1v) is 6.12. The quantitative estimate of drug-likeness (QED) is 0.712. The number of hydrogen-bond donors (Lipinski definition) is 0. The summed E-state index contributed by atoms with van der Waals surface area (Å²) in [7, 11) is -0.657. The Balaban J connectivity index is 2.42. The molecule has 0 unspecified atom stereocenters. The first-order chi connectivity index (χ1) is 8.14.